The molecule has 0 unspecified atom stereocenters. The Labute approximate surface area is 124 Å². The number of carbonyl (C=O) groups excluding carboxylic acids is 1. The molecule has 0 bridgehead atoms. The number of nitrogens with zero attached hydrogens (tertiary/aromatic N) is 1. The molecule has 2 rings (SSSR count). The lowest BCUT2D eigenvalue weighted by atomic mass is 10.1. The number of pyridine rings is 1. The first-order valence-electron chi connectivity index (χ1n) is 6.35. The van der Waals surface area contributed by atoms with Crippen LogP contribution in [0.3, 0.4) is 0 Å². The van der Waals surface area contributed by atoms with Gasteiger partial charge in [-0.25, -0.2) is 4.98 Å². The predicted octanol–water partition coefficient (Wildman–Crippen LogP) is 3.04. The minimum atomic E-state index is -4.41. The Morgan fingerprint density at radius 3 is 2.73 bits per heavy atom. The zero-order chi connectivity index (χ0) is 16.2. The van der Waals surface area contributed by atoms with Crippen LogP contribution in [0.15, 0.2) is 42.6 Å². The van der Waals surface area contributed by atoms with Gasteiger partial charge in [0, 0.05) is 12.7 Å². The second kappa shape index (κ2) is 6.46. The number of ether oxygens (including phenoxy) is 1. The van der Waals surface area contributed by atoms with Gasteiger partial charge in [-0.2, -0.15) is 13.2 Å². The van der Waals surface area contributed by atoms with E-state index in [0.29, 0.717) is 5.56 Å². The number of alkyl halides is 3. The molecular weight excluding hydrogens is 297 g/mol. The Morgan fingerprint density at radius 1 is 1.27 bits per heavy atom. The Morgan fingerprint density at radius 2 is 2.05 bits per heavy atom. The lowest BCUT2D eigenvalue weighted by molar-refractivity contribution is -0.137. The van der Waals surface area contributed by atoms with Gasteiger partial charge in [0.15, 0.2) is 0 Å². The van der Waals surface area contributed by atoms with Crippen molar-refractivity contribution in [1.29, 1.82) is 0 Å². The molecule has 7 heteroatoms. The van der Waals surface area contributed by atoms with E-state index in [-0.39, 0.29) is 18.0 Å². The summed E-state index contributed by atoms with van der Waals surface area (Å²) >= 11 is 0. The minimum Gasteiger partial charge on any atom is -0.480 e. The lowest BCUT2D eigenvalue weighted by Crippen LogP contribution is -2.23. The molecule has 0 atom stereocenters. The smallest absolute Gasteiger partial charge is 0.416 e. The number of carbonyl (C=O) groups is 1. The number of benzene rings is 1. The second-order valence-corrected chi connectivity index (χ2v) is 4.44. The van der Waals surface area contributed by atoms with E-state index in [9.17, 15) is 18.0 Å². The average Bonchev–Trinajstić information content (AvgIpc) is 2.52. The van der Waals surface area contributed by atoms with Gasteiger partial charge < -0.3 is 10.1 Å². The summed E-state index contributed by atoms with van der Waals surface area (Å²) in [6.07, 6.45) is -2.94. The fourth-order valence-electron chi connectivity index (χ4n) is 1.86. The molecule has 0 fully saturated rings. The van der Waals surface area contributed by atoms with Crippen LogP contribution in [0.5, 0.6) is 5.88 Å². The van der Waals surface area contributed by atoms with Crippen molar-refractivity contribution in [2.45, 2.75) is 12.7 Å². The molecule has 0 aliphatic heterocycles. The molecule has 0 spiro atoms. The van der Waals surface area contributed by atoms with Gasteiger partial charge in [0.05, 0.1) is 12.7 Å². The zero-order valence-electron chi connectivity index (χ0n) is 11.6. The third-order valence-corrected chi connectivity index (χ3v) is 2.92. The highest BCUT2D eigenvalue weighted by molar-refractivity contribution is 5.96. The van der Waals surface area contributed by atoms with Crippen molar-refractivity contribution < 1.29 is 22.7 Å². The van der Waals surface area contributed by atoms with Crippen molar-refractivity contribution in [1.82, 2.24) is 10.3 Å². The monoisotopic (exact) mass is 310 g/mol. The predicted molar refractivity (Wildman–Crippen MR) is 73.4 cm³/mol. The summed E-state index contributed by atoms with van der Waals surface area (Å²) in [7, 11) is 1.38. The van der Waals surface area contributed by atoms with Crippen LogP contribution in [0.1, 0.15) is 21.5 Å². The maximum atomic E-state index is 12.6. The molecule has 2 aromatic rings. The lowest BCUT2D eigenvalue weighted by Gasteiger charge is -2.10. The van der Waals surface area contributed by atoms with Gasteiger partial charge in [-0.05, 0) is 29.8 Å². The highest BCUT2D eigenvalue weighted by Crippen LogP contribution is 2.29. The normalized spacial score (nSPS) is 11.1. The first-order chi connectivity index (χ1) is 10.4. The van der Waals surface area contributed by atoms with Gasteiger partial charge in [0.25, 0.3) is 5.91 Å². The van der Waals surface area contributed by atoms with Gasteiger partial charge in [-0.15, -0.1) is 0 Å². The molecule has 0 radical (unpaired) electrons. The van der Waals surface area contributed by atoms with Crippen LogP contribution in [-0.4, -0.2) is 18.0 Å². The van der Waals surface area contributed by atoms with Crippen LogP contribution in [0.2, 0.25) is 0 Å². The van der Waals surface area contributed by atoms with Crippen molar-refractivity contribution >= 4 is 5.91 Å². The third kappa shape index (κ3) is 3.75. The van der Waals surface area contributed by atoms with Crippen molar-refractivity contribution in [3.63, 3.8) is 0 Å². The molecular formula is C15H13F3N2O2. The molecule has 0 aliphatic carbocycles. The highest BCUT2D eigenvalue weighted by Gasteiger charge is 2.30. The molecule has 0 aliphatic rings. The SMILES string of the molecule is COc1ncccc1C(=O)NCc1cccc(C(F)(F)F)c1. The Kier molecular flexibility index (Phi) is 4.65. The Balaban J connectivity index is 2.08. The first kappa shape index (κ1) is 15.8. The average molecular weight is 310 g/mol. The largest absolute Gasteiger partial charge is 0.480 e. The van der Waals surface area contributed by atoms with Gasteiger partial charge >= 0.3 is 6.18 Å². The van der Waals surface area contributed by atoms with Crippen LogP contribution >= 0.6 is 0 Å². The van der Waals surface area contributed by atoms with Crippen LogP contribution in [-0.2, 0) is 12.7 Å². The summed E-state index contributed by atoms with van der Waals surface area (Å²) in [6, 6.07) is 7.89. The number of aromatic nitrogens is 1. The van der Waals surface area contributed by atoms with Gasteiger partial charge in [-0.3, -0.25) is 4.79 Å². The summed E-state index contributed by atoms with van der Waals surface area (Å²) in [5.41, 5.74) is -0.179. The Hall–Kier alpha value is -2.57. The van der Waals surface area contributed by atoms with Gasteiger partial charge in [0.2, 0.25) is 5.88 Å². The van der Waals surface area contributed by atoms with Crippen molar-refractivity contribution in [3.05, 3.63) is 59.3 Å². The molecule has 0 saturated heterocycles. The number of hydrogen-bond acceptors (Lipinski definition) is 3. The van der Waals surface area contributed by atoms with Crippen molar-refractivity contribution in [2.75, 3.05) is 7.11 Å². The summed E-state index contributed by atoms with van der Waals surface area (Å²) in [4.78, 5) is 15.9. The second-order valence-electron chi connectivity index (χ2n) is 4.44. The molecule has 1 aromatic heterocycles. The molecule has 1 N–H and O–H groups in total. The number of halogens is 3. The molecule has 116 valence electrons. The van der Waals surface area contributed by atoms with Crippen LogP contribution in [0.25, 0.3) is 0 Å². The van der Waals surface area contributed by atoms with E-state index < -0.39 is 17.6 Å². The molecule has 1 heterocycles. The molecule has 4 nitrogen and oxygen atoms in total. The van der Waals surface area contributed by atoms with Crippen LogP contribution in [0, 0.1) is 0 Å². The van der Waals surface area contributed by atoms with Gasteiger partial charge in [0.1, 0.15) is 5.56 Å². The van der Waals surface area contributed by atoms with E-state index in [1.165, 1.54) is 31.5 Å². The summed E-state index contributed by atoms with van der Waals surface area (Å²) in [5, 5.41) is 2.54. The van der Waals surface area contributed by atoms with Crippen LogP contribution < -0.4 is 10.1 Å². The maximum Gasteiger partial charge on any atom is 0.416 e. The molecule has 1 aromatic carbocycles. The summed E-state index contributed by atoms with van der Waals surface area (Å²) in [6.45, 7) is -0.0270. The summed E-state index contributed by atoms with van der Waals surface area (Å²) < 4.78 is 42.8. The highest BCUT2D eigenvalue weighted by atomic mass is 19.4. The topological polar surface area (TPSA) is 51.2 Å². The molecule has 0 saturated carbocycles. The maximum absolute atomic E-state index is 12.6. The Bertz CT molecular complexity index is 672. The number of amides is 1. The summed E-state index contributed by atoms with van der Waals surface area (Å²) in [5.74, 6) is -0.314. The number of methoxy groups -OCH3 is 1. The fourth-order valence-corrected chi connectivity index (χ4v) is 1.86. The number of rotatable bonds is 4. The minimum absolute atomic E-state index is 0.0270. The third-order valence-electron chi connectivity index (χ3n) is 2.92. The van der Waals surface area contributed by atoms with E-state index in [0.717, 1.165) is 12.1 Å². The molecule has 1 amide bonds. The van der Waals surface area contributed by atoms with E-state index in [4.69, 9.17) is 4.74 Å². The number of hydrogen-bond donors (Lipinski definition) is 1. The van der Waals surface area contributed by atoms with E-state index >= 15 is 0 Å². The quantitative estimate of drug-likeness (QED) is 0.944. The van der Waals surface area contributed by atoms with E-state index in [1.807, 2.05) is 0 Å². The van der Waals surface area contributed by atoms with E-state index in [1.54, 1.807) is 6.07 Å². The van der Waals surface area contributed by atoms with Crippen molar-refractivity contribution in [3.8, 4) is 5.88 Å². The van der Waals surface area contributed by atoms with Crippen molar-refractivity contribution in [2.24, 2.45) is 0 Å². The first-order valence-corrected chi connectivity index (χ1v) is 6.35. The fraction of sp³-hybridized carbons (Fsp3) is 0.200. The number of nitrogens with one attached hydrogen (secondary N) is 1. The van der Waals surface area contributed by atoms with E-state index in [2.05, 4.69) is 10.3 Å². The van der Waals surface area contributed by atoms with Crippen LogP contribution in [0.4, 0.5) is 13.2 Å². The van der Waals surface area contributed by atoms with Gasteiger partial charge in [-0.1, -0.05) is 12.1 Å². The standard InChI is InChI=1S/C15H13F3N2O2/c1-22-14-12(6-3-7-19-14)13(21)20-9-10-4-2-5-11(8-10)15(16,17)18/h2-8H,9H2,1H3,(H,20,21). The zero-order valence-corrected chi connectivity index (χ0v) is 11.6. The molecule has 22 heavy (non-hydrogen) atoms.